The van der Waals surface area contributed by atoms with Crippen LogP contribution in [0.15, 0.2) is 18.2 Å². The van der Waals surface area contributed by atoms with Gasteiger partial charge >= 0.3 is 0 Å². The molecule has 0 spiro atoms. The number of carboxylic acid groups (broad SMARTS) is 1. The second kappa shape index (κ2) is 10.6. The molecular formula is C15H24N2O5. The first-order valence-corrected chi connectivity index (χ1v) is 6.69. The molecule has 1 rings (SSSR count). The molecule has 0 fully saturated rings. The van der Waals surface area contributed by atoms with Crippen LogP contribution in [0.4, 0.5) is 0 Å². The number of amides is 1. The first-order valence-electron chi connectivity index (χ1n) is 6.69. The highest BCUT2D eigenvalue weighted by Crippen LogP contribution is 2.21. The number of carbonyl (C=O) groups is 2. The summed E-state index contributed by atoms with van der Waals surface area (Å²) in [7, 11) is 5.28. The van der Waals surface area contributed by atoms with Crippen LogP contribution in [-0.2, 0) is 4.79 Å². The van der Waals surface area contributed by atoms with Gasteiger partial charge in [-0.15, -0.1) is 0 Å². The summed E-state index contributed by atoms with van der Waals surface area (Å²) in [4.78, 5) is 22.3. The second-order valence-electron chi connectivity index (χ2n) is 4.88. The fourth-order valence-corrected chi connectivity index (χ4v) is 1.89. The van der Waals surface area contributed by atoms with Crippen LogP contribution in [-0.4, -0.2) is 67.9 Å². The minimum absolute atomic E-state index is 0.217. The largest absolute Gasteiger partial charge is 0.496 e. The summed E-state index contributed by atoms with van der Waals surface area (Å²) in [6.45, 7) is 2.33. The highest BCUT2D eigenvalue weighted by Gasteiger charge is 2.16. The van der Waals surface area contributed by atoms with Crippen molar-refractivity contribution in [2.75, 3.05) is 34.3 Å². The average molecular weight is 312 g/mol. The summed E-state index contributed by atoms with van der Waals surface area (Å²) in [5, 5.41) is 19.3. The zero-order chi connectivity index (χ0) is 17.1. The van der Waals surface area contributed by atoms with Crippen LogP contribution < -0.4 is 10.1 Å². The predicted octanol–water partition coefficient (Wildman–Crippen LogP) is 0.357. The highest BCUT2D eigenvalue weighted by molar-refractivity contribution is 5.98. The Bertz CT molecular complexity index is 477. The number of methoxy groups -OCH3 is 1. The van der Waals surface area contributed by atoms with E-state index < -0.39 is 6.10 Å². The lowest BCUT2D eigenvalue weighted by Gasteiger charge is -2.17. The molecule has 22 heavy (non-hydrogen) atoms. The van der Waals surface area contributed by atoms with Crippen LogP contribution >= 0.6 is 0 Å². The summed E-state index contributed by atoms with van der Waals surface area (Å²) in [6, 6.07) is 5.44. The number of aliphatic hydroxyl groups is 1. The molecule has 0 aromatic heterocycles. The SMILES string of the molecule is COc1cccc(C)c1C(=O)NCC(O)CN(C)C.O=CO. The van der Waals surface area contributed by atoms with Crippen LogP contribution in [0.5, 0.6) is 5.75 Å². The molecule has 0 aliphatic carbocycles. The van der Waals surface area contributed by atoms with Gasteiger partial charge in [-0.2, -0.15) is 0 Å². The molecule has 124 valence electrons. The minimum Gasteiger partial charge on any atom is -0.496 e. The fraction of sp³-hybridized carbons (Fsp3) is 0.467. The van der Waals surface area contributed by atoms with Crippen molar-refractivity contribution in [1.29, 1.82) is 0 Å². The van der Waals surface area contributed by atoms with Crippen molar-refractivity contribution in [2.45, 2.75) is 13.0 Å². The molecule has 0 bridgehead atoms. The zero-order valence-electron chi connectivity index (χ0n) is 13.4. The van der Waals surface area contributed by atoms with E-state index in [1.54, 1.807) is 6.07 Å². The summed E-state index contributed by atoms with van der Waals surface area (Å²) in [6.07, 6.45) is -0.589. The normalized spacial score (nSPS) is 11.2. The van der Waals surface area contributed by atoms with Crippen molar-refractivity contribution in [3.63, 3.8) is 0 Å². The molecule has 1 aromatic rings. The maximum absolute atomic E-state index is 12.1. The van der Waals surface area contributed by atoms with Gasteiger partial charge in [-0.1, -0.05) is 12.1 Å². The Morgan fingerprint density at radius 1 is 1.45 bits per heavy atom. The molecule has 0 heterocycles. The van der Waals surface area contributed by atoms with Crippen molar-refractivity contribution >= 4 is 12.4 Å². The first-order chi connectivity index (χ1) is 10.4. The molecule has 3 N–H and O–H groups in total. The number of rotatable bonds is 6. The van der Waals surface area contributed by atoms with E-state index >= 15 is 0 Å². The van der Waals surface area contributed by atoms with Gasteiger partial charge in [-0.3, -0.25) is 9.59 Å². The lowest BCUT2D eigenvalue weighted by atomic mass is 10.1. The number of likely N-dealkylation sites (N-methyl/N-ethyl adjacent to an activating group) is 1. The monoisotopic (exact) mass is 312 g/mol. The van der Waals surface area contributed by atoms with Crippen LogP contribution in [0.25, 0.3) is 0 Å². The number of nitrogens with zero attached hydrogens (tertiary/aromatic N) is 1. The Balaban J connectivity index is 0.00000135. The number of aryl methyl sites for hydroxylation is 1. The number of hydrogen-bond acceptors (Lipinski definition) is 5. The lowest BCUT2D eigenvalue weighted by Crippen LogP contribution is -2.38. The molecule has 1 amide bonds. The summed E-state index contributed by atoms with van der Waals surface area (Å²) < 4.78 is 5.19. The third-order valence-corrected chi connectivity index (χ3v) is 2.76. The highest BCUT2D eigenvalue weighted by atomic mass is 16.5. The van der Waals surface area contributed by atoms with Gasteiger partial charge in [-0.25, -0.2) is 0 Å². The molecule has 7 heteroatoms. The fourth-order valence-electron chi connectivity index (χ4n) is 1.89. The molecule has 0 aliphatic heterocycles. The van der Waals surface area contributed by atoms with Crippen LogP contribution in [0.3, 0.4) is 0 Å². The maximum Gasteiger partial charge on any atom is 0.290 e. The van der Waals surface area contributed by atoms with E-state index in [9.17, 15) is 9.90 Å². The van der Waals surface area contributed by atoms with E-state index in [1.807, 2.05) is 38.1 Å². The molecule has 0 saturated heterocycles. The Morgan fingerprint density at radius 3 is 2.55 bits per heavy atom. The third-order valence-electron chi connectivity index (χ3n) is 2.76. The maximum atomic E-state index is 12.1. The number of ether oxygens (including phenoxy) is 1. The average Bonchev–Trinajstić information content (AvgIpc) is 2.44. The predicted molar refractivity (Wildman–Crippen MR) is 83.3 cm³/mol. The molecule has 0 radical (unpaired) electrons. The van der Waals surface area contributed by atoms with Gasteiger partial charge in [0, 0.05) is 13.1 Å². The van der Waals surface area contributed by atoms with E-state index in [2.05, 4.69) is 5.32 Å². The zero-order valence-corrected chi connectivity index (χ0v) is 13.4. The van der Waals surface area contributed by atoms with Gasteiger partial charge in [0.1, 0.15) is 5.75 Å². The van der Waals surface area contributed by atoms with E-state index in [0.717, 1.165) is 5.56 Å². The van der Waals surface area contributed by atoms with Crippen LogP contribution in [0.1, 0.15) is 15.9 Å². The van der Waals surface area contributed by atoms with Crippen LogP contribution in [0.2, 0.25) is 0 Å². The van der Waals surface area contributed by atoms with Crippen molar-refractivity contribution < 1.29 is 24.5 Å². The minimum atomic E-state index is -0.589. The van der Waals surface area contributed by atoms with Crippen molar-refractivity contribution in [3.8, 4) is 5.75 Å². The second-order valence-corrected chi connectivity index (χ2v) is 4.88. The van der Waals surface area contributed by atoms with E-state index in [-0.39, 0.29) is 18.9 Å². The molecule has 0 saturated carbocycles. The van der Waals surface area contributed by atoms with Crippen molar-refractivity contribution in [2.24, 2.45) is 0 Å². The summed E-state index contributed by atoms with van der Waals surface area (Å²) >= 11 is 0. The van der Waals surface area contributed by atoms with Gasteiger partial charge in [0.15, 0.2) is 0 Å². The van der Waals surface area contributed by atoms with Crippen molar-refractivity contribution in [3.05, 3.63) is 29.3 Å². The molecule has 1 unspecified atom stereocenters. The summed E-state index contributed by atoms with van der Waals surface area (Å²) in [5.41, 5.74) is 1.36. The van der Waals surface area contributed by atoms with Crippen molar-refractivity contribution in [1.82, 2.24) is 10.2 Å². The van der Waals surface area contributed by atoms with Gasteiger partial charge in [-0.05, 0) is 32.6 Å². The standard InChI is InChI=1S/C14H22N2O3.CH2O2/c1-10-6-5-7-12(19-4)13(10)14(18)15-8-11(17)9-16(2)3;2-1-3/h5-7,11,17H,8-9H2,1-4H3,(H,15,18);1H,(H,2,3). The number of benzene rings is 1. The first kappa shape index (κ1) is 19.9. The number of carbonyl (C=O) groups excluding carboxylic acids is 1. The third kappa shape index (κ3) is 7.05. The van der Waals surface area contributed by atoms with Gasteiger partial charge in [0.25, 0.3) is 12.4 Å². The molecule has 1 atom stereocenters. The van der Waals surface area contributed by atoms with Gasteiger partial charge in [0.2, 0.25) is 0 Å². The molecule has 7 nitrogen and oxygen atoms in total. The number of aliphatic hydroxyl groups excluding tert-OH is 1. The Kier molecular flexibility index (Phi) is 9.56. The molecule has 1 aromatic carbocycles. The van der Waals surface area contributed by atoms with E-state index in [1.165, 1.54) is 7.11 Å². The van der Waals surface area contributed by atoms with Gasteiger partial charge < -0.3 is 25.2 Å². The number of hydrogen-bond donors (Lipinski definition) is 3. The Morgan fingerprint density at radius 2 is 2.05 bits per heavy atom. The van der Waals surface area contributed by atoms with E-state index in [0.29, 0.717) is 17.9 Å². The quantitative estimate of drug-likeness (QED) is 0.656. The Hall–Kier alpha value is -2.12. The lowest BCUT2D eigenvalue weighted by molar-refractivity contribution is -0.122. The topological polar surface area (TPSA) is 99.1 Å². The van der Waals surface area contributed by atoms with Crippen LogP contribution in [0, 0.1) is 6.92 Å². The van der Waals surface area contributed by atoms with E-state index in [4.69, 9.17) is 14.6 Å². The summed E-state index contributed by atoms with van der Waals surface area (Å²) in [5.74, 6) is 0.312. The molecule has 0 aliphatic rings. The van der Waals surface area contributed by atoms with Gasteiger partial charge in [0.05, 0.1) is 18.8 Å². The molecular weight excluding hydrogens is 288 g/mol. The number of nitrogens with one attached hydrogen (secondary N) is 1. The smallest absolute Gasteiger partial charge is 0.290 e. The Labute approximate surface area is 130 Å².